The van der Waals surface area contributed by atoms with Crippen molar-refractivity contribution in [2.45, 2.75) is 88.8 Å². The minimum atomic E-state index is -0.654. The number of piperazine rings is 1. The molecule has 0 unspecified atom stereocenters. The fourth-order valence-electron chi connectivity index (χ4n) is 7.62. The first-order chi connectivity index (χ1) is 22.2. The summed E-state index contributed by atoms with van der Waals surface area (Å²) >= 11 is 1.47. The van der Waals surface area contributed by atoms with Gasteiger partial charge in [0.15, 0.2) is 0 Å². The number of hydrogen-bond donors (Lipinski definition) is 1. The summed E-state index contributed by atoms with van der Waals surface area (Å²) in [6, 6.07) is 4.48. The summed E-state index contributed by atoms with van der Waals surface area (Å²) in [6.45, 7) is 8.67. The van der Waals surface area contributed by atoms with E-state index in [2.05, 4.69) is 46.8 Å². The van der Waals surface area contributed by atoms with Crippen LogP contribution < -0.4 is 15.4 Å². The number of likely N-dealkylation sites (tertiary alicyclic amines) is 1. The Bertz CT molecular complexity index is 1780. The Morgan fingerprint density at radius 3 is 2.74 bits per heavy atom. The van der Waals surface area contributed by atoms with Crippen molar-refractivity contribution in [2.24, 2.45) is 0 Å². The van der Waals surface area contributed by atoms with Crippen LogP contribution in [0.2, 0.25) is 0 Å². The highest BCUT2D eigenvalue weighted by atomic mass is 32.1. The third kappa shape index (κ3) is 5.16. The molecule has 2 saturated heterocycles. The standard InChI is InChI=1S/C33H39N9O3S/c1-5-8-26(43)42-16-15-41(19-33(42)12-13-33)24-17-25(44-20(2)22-9-7-14-40(22)4)37-29(36-24)30-38-31(45-39-30)32(3)11-6-10-23-27(32)21(18-34)28(35)46-23/h17,20,22H,6-7,9-16,19,35H2,1-4H3/t20-,22-,32-/m0/s1. The van der Waals surface area contributed by atoms with E-state index in [-0.39, 0.29) is 29.4 Å². The molecule has 3 atom stereocenters. The third-order valence-electron chi connectivity index (χ3n) is 10.2. The molecule has 0 bridgehead atoms. The Morgan fingerprint density at radius 2 is 2.02 bits per heavy atom. The van der Waals surface area contributed by atoms with Gasteiger partial charge < -0.3 is 24.8 Å². The average molecular weight is 642 g/mol. The molecule has 1 spiro atoms. The number of aromatic nitrogens is 4. The van der Waals surface area contributed by atoms with Gasteiger partial charge in [0.2, 0.25) is 23.4 Å². The third-order valence-corrected chi connectivity index (χ3v) is 11.3. The highest BCUT2D eigenvalue weighted by molar-refractivity contribution is 7.16. The predicted molar refractivity (Wildman–Crippen MR) is 173 cm³/mol. The van der Waals surface area contributed by atoms with E-state index in [1.807, 2.05) is 17.9 Å². The molecule has 1 saturated carbocycles. The van der Waals surface area contributed by atoms with Crippen molar-refractivity contribution in [1.29, 1.82) is 5.26 Å². The summed E-state index contributed by atoms with van der Waals surface area (Å²) in [4.78, 5) is 34.9. The molecule has 1 amide bonds. The summed E-state index contributed by atoms with van der Waals surface area (Å²) in [5.41, 5.74) is 6.75. The molecule has 12 nitrogen and oxygen atoms in total. The molecular weight excluding hydrogens is 602 g/mol. The van der Waals surface area contributed by atoms with Crippen LogP contribution in [0.5, 0.6) is 5.88 Å². The highest BCUT2D eigenvalue weighted by Gasteiger charge is 2.53. The minimum Gasteiger partial charge on any atom is -0.473 e. The van der Waals surface area contributed by atoms with Gasteiger partial charge in [0.1, 0.15) is 23.0 Å². The lowest BCUT2D eigenvalue weighted by Gasteiger charge is -2.42. The molecule has 5 heterocycles. The number of nitriles is 1. The molecule has 7 rings (SSSR count). The summed E-state index contributed by atoms with van der Waals surface area (Å²) in [5, 5.41) is 14.8. The number of aryl methyl sites for hydroxylation is 1. The minimum absolute atomic E-state index is 0.0891. The van der Waals surface area contributed by atoms with Crippen LogP contribution in [0.4, 0.5) is 10.8 Å². The van der Waals surface area contributed by atoms with Crippen LogP contribution in [-0.4, -0.2) is 86.7 Å². The monoisotopic (exact) mass is 641 g/mol. The second-order valence-corrected chi connectivity index (χ2v) is 14.4. The van der Waals surface area contributed by atoms with Crippen LogP contribution in [-0.2, 0) is 16.6 Å². The first-order valence-corrected chi connectivity index (χ1v) is 16.9. The van der Waals surface area contributed by atoms with Crippen molar-refractivity contribution < 1.29 is 14.1 Å². The van der Waals surface area contributed by atoms with Crippen LogP contribution in [0.1, 0.15) is 81.2 Å². The second kappa shape index (κ2) is 11.6. The van der Waals surface area contributed by atoms with Gasteiger partial charge in [-0.15, -0.1) is 11.3 Å². The van der Waals surface area contributed by atoms with E-state index in [1.165, 1.54) is 11.3 Å². The Morgan fingerprint density at radius 1 is 1.20 bits per heavy atom. The molecule has 46 heavy (non-hydrogen) atoms. The molecular formula is C33H39N9O3S. The molecule has 0 radical (unpaired) electrons. The lowest BCUT2D eigenvalue weighted by atomic mass is 9.72. The number of ether oxygens (including phenoxy) is 1. The Labute approximate surface area is 272 Å². The van der Waals surface area contributed by atoms with E-state index in [0.29, 0.717) is 53.6 Å². The predicted octanol–water partition coefficient (Wildman–Crippen LogP) is 3.75. The number of rotatable bonds is 6. The summed E-state index contributed by atoms with van der Waals surface area (Å²) in [5.74, 6) is 7.48. The first kappa shape index (κ1) is 30.5. The highest BCUT2D eigenvalue weighted by Crippen LogP contribution is 2.49. The number of likely N-dealkylation sites (N-methyl/N-ethyl adjacent to an activating group) is 1. The molecule has 240 valence electrons. The van der Waals surface area contributed by atoms with Gasteiger partial charge in [-0.2, -0.15) is 15.2 Å². The number of thiophene rings is 1. The lowest BCUT2D eigenvalue weighted by Crippen LogP contribution is -2.57. The van der Waals surface area contributed by atoms with Crippen molar-refractivity contribution in [3.8, 4) is 35.4 Å². The van der Waals surface area contributed by atoms with Crippen molar-refractivity contribution in [2.75, 3.05) is 43.9 Å². The van der Waals surface area contributed by atoms with Crippen LogP contribution in [0.15, 0.2) is 10.6 Å². The van der Waals surface area contributed by atoms with Crippen LogP contribution >= 0.6 is 11.3 Å². The molecule has 4 aliphatic rings. The SMILES string of the molecule is CC#CC(=O)N1CCN(c2cc(O[C@@H](C)[C@@H]3CCCN3C)nc(-c3noc([C@@]4(C)CCCc5sc(N)c(C#N)c54)n3)n2)CC12CC2. The number of fused-ring (bicyclic) bond motifs is 1. The maximum atomic E-state index is 12.8. The zero-order chi connectivity index (χ0) is 32.2. The number of hydrogen-bond acceptors (Lipinski definition) is 12. The van der Waals surface area contributed by atoms with Gasteiger partial charge in [-0.1, -0.05) is 11.1 Å². The van der Waals surface area contributed by atoms with Crippen molar-refractivity contribution in [3.05, 3.63) is 28.0 Å². The van der Waals surface area contributed by atoms with Gasteiger partial charge in [-0.25, -0.2) is 4.98 Å². The number of carbonyl (C=O) groups excluding carboxylic acids is 1. The quantitative estimate of drug-likeness (QED) is 0.392. The maximum Gasteiger partial charge on any atom is 0.299 e. The largest absolute Gasteiger partial charge is 0.473 e. The van der Waals surface area contributed by atoms with E-state index in [0.717, 1.165) is 61.9 Å². The number of anilines is 2. The lowest BCUT2D eigenvalue weighted by molar-refractivity contribution is -0.128. The Balaban J connectivity index is 1.24. The molecule has 0 aromatic carbocycles. The van der Waals surface area contributed by atoms with E-state index < -0.39 is 5.41 Å². The number of nitrogen functional groups attached to an aromatic ring is 1. The molecule has 13 heteroatoms. The zero-order valence-electron chi connectivity index (χ0n) is 26.8. The molecule has 3 aromatic rings. The number of amides is 1. The summed E-state index contributed by atoms with van der Waals surface area (Å²) in [7, 11) is 2.13. The maximum absolute atomic E-state index is 12.8. The molecule has 3 fully saturated rings. The Hall–Kier alpha value is -4.20. The zero-order valence-corrected chi connectivity index (χ0v) is 27.6. The smallest absolute Gasteiger partial charge is 0.299 e. The molecule has 2 aliphatic heterocycles. The normalized spacial score (nSPS) is 24.2. The van der Waals surface area contributed by atoms with Crippen LogP contribution in [0.25, 0.3) is 11.6 Å². The fraction of sp³-hybridized carbons (Fsp3) is 0.576. The van der Waals surface area contributed by atoms with Gasteiger partial charge in [0.25, 0.3) is 5.91 Å². The van der Waals surface area contributed by atoms with Gasteiger partial charge in [-0.05, 0) is 85.2 Å². The van der Waals surface area contributed by atoms with Crippen molar-refractivity contribution in [1.82, 2.24) is 29.9 Å². The van der Waals surface area contributed by atoms with Gasteiger partial charge >= 0.3 is 0 Å². The van der Waals surface area contributed by atoms with E-state index in [1.54, 1.807) is 6.92 Å². The molecule has 3 aromatic heterocycles. The van der Waals surface area contributed by atoms with Crippen LogP contribution in [0.3, 0.4) is 0 Å². The van der Waals surface area contributed by atoms with E-state index in [9.17, 15) is 10.1 Å². The average Bonchev–Trinajstić information content (AvgIpc) is 3.38. The summed E-state index contributed by atoms with van der Waals surface area (Å²) in [6.07, 6.45) is 6.51. The van der Waals surface area contributed by atoms with Gasteiger partial charge in [-0.3, -0.25) is 9.69 Å². The van der Waals surface area contributed by atoms with Gasteiger partial charge in [0.05, 0.1) is 16.5 Å². The van der Waals surface area contributed by atoms with Crippen molar-refractivity contribution >= 4 is 28.1 Å². The number of nitrogens with two attached hydrogens (primary N) is 1. The molecule has 2 N–H and O–H groups in total. The number of nitrogens with zero attached hydrogens (tertiary/aromatic N) is 8. The topological polar surface area (TPSA) is 151 Å². The molecule has 2 aliphatic carbocycles. The van der Waals surface area contributed by atoms with Gasteiger partial charge in [0, 0.05) is 42.2 Å². The fourth-order valence-corrected chi connectivity index (χ4v) is 8.81. The van der Waals surface area contributed by atoms with Crippen LogP contribution in [0, 0.1) is 23.2 Å². The first-order valence-electron chi connectivity index (χ1n) is 16.1. The Kier molecular flexibility index (Phi) is 7.65. The van der Waals surface area contributed by atoms with E-state index in [4.69, 9.17) is 29.9 Å². The van der Waals surface area contributed by atoms with Crippen molar-refractivity contribution in [3.63, 3.8) is 0 Å². The second-order valence-electron chi connectivity index (χ2n) is 13.2. The summed E-state index contributed by atoms with van der Waals surface area (Å²) < 4.78 is 12.4. The van der Waals surface area contributed by atoms with E-state index >= 15 is 0 Å². The number of carbonyl (C=O) groups is 1.